The molecular formula is C27H33N3O3. The monoisotopic (exact) mass is 447 g/mol. The molecule has 3 aromatic rings. The fourth-order valence-corrected chi connectivity index (χ4v) is 4.03. The molecule has 33 heavy (non-hydrogen) atoms. The van der Waals surface area contributed by atoms with E-state index >= 15 is 0 Å². The predicted octanol–water partition coefficient (Wildman–Crippen LogP) is 5.37. The van der Waals surface area contributed by atoms with Crippen LogP contribution in [0.25, 0.3) is 10.8 Å². The lowest BCUT2D eigenvalue weighted by Crippen LogP contribution is -2.29. The Hall–Kier alpha value is -3.25. The van der Waals surface area contributed by atoms with Crippen molar-refractivity contribution < 1.29 is 14.3 Å². The molecule has 0 saturated carbocycles. The summed E-state index contributed by atoms with van der Waals surface area (Å²) >= 11 is 0. The Labute approximate surface area is 195 Å². The highest BCUT2D eigenvalue weighted by molar-refractivity contribution is 6.14. The number of carbonyl (C=O) groups excluding carboxylic acids is 2. The van der Waals surface area contributed by atoms with Gasteiger partial charge in [-0.25, -0.2) is 4.98 Å². The van der Waals surface area contributed by atoms with Gasteiger partial charge in [0.25, 0.3) is 11.8 Å². The molecule has 0 radical (unpaired) electrons. The summed E-state index contributed by atoms with van der Waals surface area (Å²) in [6.45, 7) is 8.19. The number of carbonyl (C=O) groups is 2. The molecule has 1 aliphatic rings. The number of hydrogen-bond donors (Lipinski definition) is 2. The number of aromatic nitrogens is 1. The van der Waals surface area contributed by atoms with E-state index in [0.717, 1.165) is 48.8 Å². The number of amides is 2. The van der Waals surface area contributed by atoms with Crippen LogP contribution in [0.1, 0.15) is 59.5 Å². The third-order valence-corrected chi connectivity index (χ3v) is 5.84. The van der Waals surface area contributed by atoms with Gasteiger partial charge >= 0.3 is 0 Å². The Morgan fingerprint density at radius 3 is 2.45 bits per heavy atom. The Morgan fingerprint density at radius 1 is 0.970 bits per heavy atom. The van der Waals surface area contributed by atoms with Crippen LogP contribution in [0.5, 0.6) is 0 Å². The summed E-state index contributed by atoms with van der Waals surface area (Å²) in [7, 11) is 0. The topological polar surface area (TPSA) is 80.3 Å². The standard InChI is InChI=1S/C25H27N3O3.C2H6/c1-17-8-9-21(20-6-3-2-5-19(17)20)24(29)28-22-7-4-13-26-23(22)25(30)27-14-10-18-11-15-31-16-12-18;1-2/h2-9,13,18H,10-12,14-16H2,1H3,(H,27,30)(H,28,29);1-2H3. The number of nitrogens with one attached hydrogen (secondary N) is 2. The van der Waals surface area contributed by atoms with Gasteiger partial charge in [-0.2, -0.15) is 0 Å². The van der Waals surface area contributed by atoms with E-state index in [1.807, 2.05) is 57.2 Å². The van der Waals surface area contributed by atoms with E-state index in [0.29, 0.717) is 23.7 Å². The Bertz CT molecular complexity index is 1090. The minimum absolute atomic E-state index is 0.222. The van der Waals surface area contributed by atoms with E-state index in [9.17, 15) is 9.59 Å². The summed E-state index contributed by atoms with van der Waals surface area (Å²) in [5.74, 6) is 0.0314. The normalized spacial score (nSPS) is 13.7. The first-order valence-electron chi connectivity index (χ1n) is 11.7. The van der Waals surface area contributed by atoms with E-state index < -0.39 is 0 Å². The second-order valence-electron chi connectivity index (χ2n) is 7.93. The minimum Gasteiger partial charge on any atom is -0.381 e. The number of benzene rings is 2. The van der Waals surface area contributed by atoms with Gasteiger partial charge in [0, 0.05) is 31.5 Å². The summed E-state index contributed by atoms with van der Waals surface area (Å²) in [6.07, 6.45) is 4.54. The summed E-state index contributed by atoms with van der Waals surface area (Å²) in [4.78, 5) is 30.0. The first-order valence-corrected chi connectivity index (χ1v) is 11.7. The van der Waals surface area contributed by atoms with Gasteiger partial charge in [-0.3, -0.25) is 9.59 Å². The van der Waals surface area contributed by atoms with E-state index in [1.54, 1.807) is 18.3 Å². The van der Waals surface area contributed by atoms with Crippen molar-refractivity contribution in [2.75, 3.05) is 25.1 Å². The smallest absolute Gasteiger partial charge is 0.272 e. The van der Waals surface area contributed by atoms with Gasteiger partial charge in [0.05, 0.1) is 5.69 Å². The molecule has 4 rings (SSSR count). The highest BCUT2D eigenvalue weighted by Gasteiger charge is 2.18. The third kappa shape index (κ3) is 6.17. The van der Waals surface area contributed by atoms with Crippen molar-refractivity contribution in [1.82, 2.24) is 10.3 Å². The van der Waals surface area contributed by atoms with E-state index in [1.165, 1.54) is 0 Å². The molecular weight excluding hydrogens is 414 g/mol. The van der Waals surface area contributed by atoms with Crippen LogP contribution in [-0.4, -0.2) is 36.6 Å². The molecule has 1 saturated heterocycles. The second-order valence-corrected chi connectivity index (χ2v) is 7.93. The van der Waals surface area contributed by atoms with Crippen LogP contribution in [0.3, 0.4) is 0 Å². The van der Waals surface area contributed by atoms with Crippen molar-refractivity contribution in [3.8, 4) is 0 Å². The zero-order valence-electron chi connectivity index (χ0n) is 19.7. The molecule has 6 nitrogen and oxygen atoms in total. The average molecular weight is 448 g/mol. The van der Waals surface area contributed by atoms with E-state index in [-0.39, 0.29) is 17.5 Å². The summed E-state index contributed by atoms with van der Waals surface area (Å²) in [6, 6.07) is 15.0. The maximum Gasteiger partial charge on any atom is 0.272 e. The van der Waals surface area contributed by atoms with Crippen LogP contribution in [-0.2, 0) is 4.74 Å². The molecule has 0 aliphatic carbocycles. The molecule has 0 bridgehead atoms. The Morgan fingerprint density at radius 2 is 1.70 bits per heavy atom. The van der Waals surface area contributed by atoms with Crippen molar-refractivity contribution in [3.63, 3.8) is 0 Å². The number of ether oxygens (including phenoxy) is 1. The molecule has 2 aromatic carbocycles. The van der Waals surface area contributed by atoms with Crippen molar-refractivity contribution in [1.29, 1.82) is 0 Å². The molecule has 1 aromatic heterocycles. The number of hydrogen-bond acceptors (Lipinski definition) is 4. The maximum atomic E-state index is 13.1. The molecule has 0 spiro atoms. The molecule has 174 valence electrons. The second kappa shape index (κ2) is 12.1. The summed E-state index contributed by atoms with van der Waals surface area (Å²) in [5, 5.41) is 7.74. The van der Waals surface area contributed by atoms with Gasteiger partial charge in [-0.05, 0) is 66.6 Å². The van der Waals surface area contributed by atoms with Gasteiger partial charge in [-0.1, -0.05) is 44.2 Å². The number of anilines is 1. The fourth-order valence-electron chi connectivity index (χ4n) is 4.03. The highest BCUT2D eigenvalue weighted by Crippen LogP contribution is 2.24. The van der Waals surface area contributed by atoms with Crippen LogP contribution >= 0.6 is 0 Å². The Balaban J connectivity index is 0.00000149. The SMILES string of the molecule is CC.Cc1ccc(C(=O)Nc2cccnc2C(=O)NCCC2CCOCC2)c2ccccc12. The lowest BCUT2D eigenvalue weighted by Gasteiger charge is -2.21. The van der Waals surface area contributed by atoms with Gasteiger partial charge in [-0.15, -0.1) is 0 Å². The summed E-state index contributed by atoms with van der Waals surface area (Å²) in [5.41, 5.74) is 2.30. The molecule has 6 heteroatoms. The minimum atomic E-state index is -0.281. The number of nitrogens with zero attached hydrogens (tertiary/aromatic N) is 1. The molecule has 0 unspecified atom stereocenters. The van der Waals surface area contributed by atoms with Gasteiger partial charge in [0.15, 0.2) is 5.69 Å². The number of fused-ring (bicyclic) bond motifs is 1. The van der Waals surface area contributed by atoms with Crippen LogP contribution in [0.4, 0.5) is 5.69 Å². The largest absolute Gasteiger partial charge is 0.381 e. The zero-order valence-corrected chi connectivity index (χ0v) is 19.7. The number of aryl methyl sites for hydroxylation is 1. The van der Waals surface area contributed by atoms with Crippen LogP contribution < -0.4 is 10.6 Å². The molecule has 2 N–H and O–H groups in total. The van der Waals surface area contributed by atoms with E-state index in [4.69, 9.17) is 4.74 Å². The lowest BCUT2D eigenvalue weighted by molar-refractivity contribution is 0.0636. The van der Waals surface area contributed by atoms with Crippen molar-refractivity contribution >= 4 is 28.3 Å². The molecule has 1 aliphatic heterocycles. The van der Waals surface area contributed by atoms with E-state index in [2.05, 4.69) is 15.6 Å². The first-order chi connectivity index (χ1) is 16.1. The zero-order chi connectivity index (χ0) is 23.6. The lowest BCUT2D eigenvalue weighted by atomic mass is 9.97. The van der Waals surface area contributed by atoms with Crippen molar-refractivity contribution in [2.24, 2.45) is 5.92 Å². The fraction of sp³-hybridized carbons (Fsp3) is 0.370. The van der Waals surface area contributed by atoms with Crippen molar-refractivity contribution in [3.05, 3.63) is 71.5 Å². The van der Waals surface area contributed by atoms with Crippen LogP contribution in [0.2, 0.25) is 0 Å². The highest BCUT2D eigenvalue weighted by atomic mass is 16.5. The predicted molar refractivity (Wildman–Crippen MR) is 133 cm³/mol. The maximum absolute atomic E-state index is 13.1. The number of rotatable bonds is 6. The Kier molecular flexibility index (Phi) is 8.95. The molecule has 2 heterocycles. The number of pyridine rings is 1. The van der Waals surface area contributed by atoms with Gasteiger partial charge < -0.3 is 15.4 Å². The van der Waals surface area contributed by atoms with Gasteiger partial charge in [0.2, 0.25) is 0 Å². The van der Waals surface area contributed by atoms with Crippen molar-refractivity contribution in [2.45, 2.75) is 40.0 Å². The average Bonchev–Trinajstić information content (AvgIpc) is 2.86. The van der Waals surface area contributed by atoms with Crippen LogP contribution in [0.15, 0.2) is 54.7 Å². The first kappa shape index (κ1) is 24.4. The molecule has 1 fully saturated rings. The summed E-state index contributed by atoms with van der Waals surface area (Å²) < 4.78 is 5.38. The van der Waals surface area contributed by atoms with Gasteiger partial charge in [0.1, 0.15) is 0 Å². The quantitative estimate of drug-likeness (QED) is 0.532. The molecule has 2 amide bonds. The third-order valence-electron chi connectivity index (χ3n) is 5.84. The molecule has 0 atom stereocenters. The van der Waals surface area contributed by atoms with Crippen LogP contribution in [0, 0.1) is 12.8 Å².